The van der Waals surface area contributed by atoms with Crippen LogP contribution in [0, 0.1) is 27.7 Å². The summed E-state index contributed by atoms with van der Waals surface area (Å²) in [6.07, 6.45) is 2.34. The van der Waals surface area contributed by atoms with Crippen molar-refractivity contribution in [2.24, 2.45) is 5.92 Å². The molecule has 1 aromatic rings. The maximum atomic E-state index is 13.7. The van der Waals surface area contributed by atoms with Gasteiger partial charge in [0, 0.05) is 18.6 Å². The maximum absolute atomic E-state index is 13.7. The Bertz CT molecular complexity index is 534. The summed E-state index contributed by atoms with van der Waals surface area (Å²) in [4.78, 5) is 10.0. The number of ether oxygens (including phenoxy) is 2. The number of nitro benzene ring substituents is 1. The number of rotatable bonds is 6. The monoisotopic (exact) mass is 317 g/mol. The van der Waals surface area contributed by atoms with Gasteiger partial charge in [-0.05, 0) is 25.3 Å². The van der Waals surface area contributed by atoms with Gasteiger partial charge in [0.05, 0.1) is 24.2 Å². The van der Waals surface area contributed by atoms with Crippen molar-refractivity contribution >= 4 is 5.69 Å². The first kappa shape index (κ1) is 16.6. The van der Waals surface area contributed by atoms with E-state index in [1.165, 1.54) is 0 Å². The van der Waals surface area contributed by atoms with E-state index in [-0.39, 0.29) is 19.3 Å². The molecule has 0 aromatic heterocycles. The zero-order valence-corrected chi connectivity index (χ0v) is 11.8. The summed E-state index contributed by atoms with van der Waals surface area (Å²) in [6, 6.07) is 1.52. The molecule has 1 saturated heterocycles. The Labute approximate surface area is 125 Å². The molecule has 1 fully saturated rings. The quantitative estimate of drug-likeness (QED) is 0.643. The lowest BCUT2D eigenvalue weighted by Gasteiger charge is -2.29. The van der Waals surface area contributed by atoms with Crippen LogP contribution in [0.3, 0.4) is 0 Å². The second-order valence-electron chi connectivity index (χ2n) is 5.13. The average molecular weight is 317 g/mol. The molecule has 8 heteroatoms. The number of benzene rings is 1. The van der Waals surface area contributed by atoms with Gasteiger partial charge in [0.25, 0.3) is 0 Å². The van der Waals surface area contributed by atoms with Gasteiger partial charge in [0.15, 0.2) is 5.82 Å². The van der Waals surface area contributed by atoms with Crippen LogP contribution in [0.4, 0.5) is 14.5 Å². The predicted octanol–water partition coefficient (Wildman–Crippen LogP) is 2.43. The smallest absolute Gasteiger partial charge is 0.314 e. The van der Waals surface area contributed by atoms with Crippen molar-refractivity contribution in [2.45, 2.75) is 25.4 Å². The predicted molar refractivity (Wildman–Crippen MR) is 72.7 cm³/mol. The highest BCUT2D eigenvalue weighted by Gasteiger charge is 2.28. The summed E-state index contributed by atoms with van der Waals surface area (Å²) >= 11 is 0. The molecule has 2 atom stereocenters. The number of nitrogens with zero attached hydrogens (tertiary/aromatic N) is 1. The lowest BCUT2D eigenvalue weighted by atomic mass is 9.97. The van der Waals surface area contributed by atoms with Crippen molar-refractivity contribution in [3.05, 3.63) is 33.9 Å². The average Bonchev–Trinajstić information content (AvgIpc) is 2.52. The molecule has 0 saturated carbocycles. The number of hydrogen-bond acceptors (Lipinski definition) is 5. The third-order valence-corrected chi connectivity index (χ3v) is 3.64. The maximum Gasteiger partial charge on any atom is 0.314 e. The van der Waals surface area contributed by atoms with Crippen molar-refractivity contribution in [1.82, 2.24) is 0 Å². The highest BCUT2D eigenvalue weighted by atomic mass is 19.2. The fourth-order valence-electron chi connectivity index (χ4n) is 2.41. The summed E-state index contributed by atoms with van der Waals surface area (Å²) < 4.78 is 37.6. The Morgan fingerprint density at radius 1 is 1.45 bits per heavy atom. The van der Waals surface area contributed by atoms with Gasteiger partial charge in [-0.15, -0.1) is 0 Å². The highest BCUT2D eigenvalue weighted by Crippen LogP contribution is 2.32. The minimum Gasteiger partial charge on any atom is -0.484 e. The summed E-state index contributed by atoms with van der Waals surface area (Å²) in [5.41, 5.74) is -0.653. The van der Waals surface area contributed by atoms with E-state index in [9.17, 15) is 24.0 Å². The third kappa shape index (κ3) is 3.69. The van der Waals surface area contributed by atoms with Crippen molar-refractivity contribution in [3.8, 4) is 5.75 Å². The molecule has 0 spiro atoms. The first-order valence-corrected chi connectivity index (χ1v) is 7.02. The molecular formula is C14H17F2NO5. The lowest BCUT2D eigenvalue weighted by Crippen LogP contribution is -2.34. The largest absolute Gasteiger partial charge is 0.484 e. The summed E-state index contributed by atoms with van der Waals surface area (Å²) in [6.45, 7) is 0.105. The van der Waals surface area contributed by atoms with Gasteiger partial charge in [-0.25, -0.2) is 4.39 Å². The molecule has 1 N–H and O–H groups in total. The zero-order chi connectivity index (χ0) is 16.1. The first-order valence-electron chi connectivity index (χ1n) is 7.02. The Kier molecular flexibility index (Phi) is 5.62. The molecule has 0 aliphatic carbocycles. The number of aliphatic hydroxyl groups is 1. The van der Waals surface area contributed by atoms with Crippen molar-refractivity contribution < 1.29 is 28.3 Å². The molecule has 0 amide bonds. The SMILES string of the molecule is O=[N+]([O-])c1ccc(F)c(F)c1OC[C@@H](CO)C1CCCCO1. The van der Waals surface area contributed by atoms with E-state index >= 15 is 0 Å². The van der Waals surface area contributed by atoms with Gasteiger partial charge < -0.3 is 14.6 Å². The van der Waals surface area contributed by atoms with E-state index in [0.717, 1.165) is 25.3 Å². The molecule has 22 heavy (non-hydrogen) atoms. The minimum atomic E-state index is -1.41. The summed E-state index contributed by atoms with van der Waals surface area (Å²) in [5.74, 6) is -3.84. The van der Waals surface area contributed by atoms with E-state index in [0.29, 0.717) is 12.7 Å². The highest BCUT2D eigenvalue weighted by molar-refractivity contribution is 5.47. The Morgan fingerprint density at radius 2 is 2.23 bits per heavy atom. The third-order valence-electron chi connectivity index (χ3n) is 3.64. The van der Waals surface area contributed by atoms with Crippen LogP contribution in [-0.4, -0.2) is 36.0 Å². The molecular weight excluding hydrogens is 300 g/mol. The van der Waals surface area contributed by atoms with E-state index < -0.39 is 33.9 Å². The van der Waals surface area contributed by atoms with E-state index in [2.05, 4.69) is 0 Å². The standard InChI is InChI=1S/C14H17F2NO5/c15-10-4-5-11(17(19)20)14(13(10)16)22-8-9(7-18)12-3-1-2-6-21-12/h4-5,9,12,18H,1-3,6-8H2/t9-,12?/m1/s1. The summed E-state index contributed by atoms with van der Waals surface area (Å²) in [5, 5.41) is 20.3. The van der Waals surface area contributed by atoms with Gasteiger partial charge in [-0.3, -0.25) is 10.1 Å². The van der Waals surface area contributed by atoms with Crippen LogP contribution >= 0.6 is 0 Å². The van der Waals surface area contributed by atoms with Crippen molar-refractivity contribution in [3.63, 3.8) is 0 Å². The molecule has 122 valence electrons. The molecule has 1 heterocycles. The lowest BCUT2D eigenvalue weighted by molar-refractivity contribution is -0.386. The Morgan fingerprint density at radius 3 is 2.82 bits per heavy atom. The number of nitro groups is 1. The Balaban J connectivity index is 2.12. The molecule has 1 aliphatic rings. The molecule has 0 radical (unpaired) electrons. The van der Waals surface area contributed by atoms with E-state index in [4.69, 9.17) is 9.47 Å². The molecule has 2 rings (SSSR count). The van der Waals surface area contributed by atoms with E-state index in [1.807, 2.05) is 0 Å². The number of aliphatic hydroxyl groups excluding tert-OH is 1. The van der Waals surface area contributed by atoms with Crippen molar-refractivity contribution in [2.75, 3.05) is 19.8 Å². The first-order chi connectivity index (χ1) is 10.5. The Hall–Kier alpha value is -1.80. The fraction of sp³-hybridized carbons (Fsp3) is 0.571. The van der Waals surface area contributed by atoms with Gasteiger partial charge in [-0.2, -0.15) is 4.39 Å². The molecule has 1 aromatic carbocycles. The summed E-state index contributed by atoms with van der Waals surface area (Å²) in [7, 11) is 0. The molecule has 0 bridgehead atoms. The van der Waals surface area contributed by atoms with Crippen LogP contribution in [0.1, 0.15) is 19.3 Å². The van der Waals surface area contributed by atoms with Crippen LogP contribution in [0.15, 0.2) is 12.1 Å². The number of halogens is 2. The van der Waals surface area contributed by atoms with E-state index in [1.54, 1.807) is 0 Å². The molecule has 1 aliphatic heterocycles. The van der Waals surface area contributed by atoms with Crippen molar-refractivity contribution in [1.29, 1.82) is 0 Å². The van der Waals surface area contributed by atoms with Crippen LogP contribution in [0.5, 0.6) is 5.75 Å². The van der Waals surface area contributed by atoms with Crippen LogP contribution in [-0.2, 0) is 4.74 Å². The molecule has 1 unspecified atom stereocenters. The number of hydrogen-bond donors (Lipinski definition) is 1. The van der Waals surface area contributed by atoms with Crippen LogP contribution in [0.25, 0.3) is 0 Å². The van der Waals surface area contributed by atoms with Crippen LogP contribution in [0.2, 0.25) is 0 Å². The normalized spacial score (nSPS) is 19.7. The minimum absolute atomic E-state index is 0.192. The topological polar surface area (TPSA) is 81.8 Å². The second-order valence-corrected chi connectivity index (χ2v) is 5.13. The van der Waals surface area contributed by atoms with Gasteiger partial charge in [-0.1, -0.05) is 0 Å². The molecule has 6 nitrogen and oxygen atoms in total. The van der Waals surface area contributed by atoms with Gasteiger partial charge >= 0.3 is 5.69 Å². The van der Waals surface area contributed by atoms with Gasteiger partial charge in [0.1, 0.15) is 0 Å². The zero-order valence-electron chi connectivity index (χ0n) is 11.8. The second kappa shape index (κ2) is 7.46. The van der Waals surface area contributed by atoms with Crippen LogP contribution < -0.4 is 4.74 Å². The van der Waals surface area contributed by atoms with Gasteiger partial charge in [0.2, 0.25) is 11.6 Å². The fourth-order valence-corrected chi connectivity index (χ4v) is 2.41.